The highest BCUT2D eigenvalue weighted by atomic mass is 16.4. The van der Waals surface area contributed by atoms with E-state index < -0.39 is 7.12 Å². The lowest BCUT2D eigenvalue weighted by atomic mass is 9.80. The van der Waals surface area contributed by atoms with Crippen molar-refractivity contribution in [2.24, 2.45) is 0 Å². The minimum Gasteiger partial charge on any atom is -0.423 e. The van der Waals surface area contributed by atoms with Crippen LogP contribution in [0.2, 0.25) is 0 Å². The van der Waals surface area contributed by atoms with Gasteiger partial charge in [0.25, 0.3) is 0 Å². The second-order valence-electron chi connectivity index (χ2n) is 8.11. The molecule has 2 N–H and O–H groups in total. The molecule has 0 aliphatic carbocycles. The number of benzene rings is 5. The van der Waals surface area contributed by atoms with E-state index in [1.807, 2.05) is 12.1 Å². The van der Waals surface area contributed by atoms with Gasteiger partial charge in [-0.15, -0.1) is 0 Å². The first-order valence-electron chi connectivity index (χ1n) is 10.7. The number of aromatic nitrogens is 1. The zero-order valence-corrected chi connectivity index (χ0v) is 17.3. The third-order valence-corrected chi connectivity index (χ3v) is 6.21. The first-order valence-corrected chi connectivity index (χ1v) is 10.7. The number of para-hydroxylation sites is 1. The fourth-order valence-corrected chi connectivity index (χ4v) is 4.58. The summed E-state index contributed by atoms with van der Waals surface area (Å²) in [5.74, 6) is 0. The first kappa shape index (κ1) is 18.9. The van der Waals surface area contributed by atoms with Gasteiger partial charge in [-0.2, -0.15) is 0 Å². The van der Waals surface area contributed by atoms with Gasteiger partial charge in [0.05, 0.1) is 11.0 Å². The van der Waals surface area contributed by atoms with Gasteiger partial charge in [-0.1, -0.05) is 78.9 Å². The Kier molecular flexibility index (Phi) is 4.35. The van der Waals surface area contributed by atoms with Crippen molar-refractivity contribution in [3.8, 4) is 16.8 Å². The first-order chi connectivity index (χ1) is 15.7. The fraction of sp³-hybridized carbons (Fsp3) is 0. The highest BCUT2D eigenvalue weighted by Crippen LogP contribution is 2.35. The van der Waals surface area contributed by atoms with Gasteiger partial charge in [0.2, 0.25) is 0 Å². The van der Waals surface area contributed by atoms with Crippen molar-refractivity contribution in [3.05, 3.63) is 109 Å². The molecule has 1 aromatic heterocycles. The van der Waals surface area contributed by atoms with Gasteiger partial charge in [-0.3, -0.25) is 0 Å². The van der Waals surface area contributed by atoms with Gasteiger partial charge in [0.15, 0.2) is 0 Å². The predicted octanol–water partition coefficient (Wildman–Crippen LogP) is 5.28. The van der Waals surface area contributed by atoms with Crippen molar-refractivity contribution in [2.75, 3.05) is 0 Å². The predicted molar refractivity (Wildman–Crippen MR) is 134 cm³/mol. The Bertz CT molecular complexity index is 1580. The Hall–Kier alpha value is -3.86. The lowest BCUT2D eigenvalue weighted by Gasteiger charge is -2.10. The summed E-state index contributed by atoms with van der Waals surface area (Å²) in [6.45, 7) is 0. The molecule has 0 saturated heterocycles. The monoisotopic (exact) mass is 413 g/mol. The van der Waals surface area contributed by atoms with Gasteiger partial charge in [-0.25, -0.2) is 0 Å². The van der Waals surface area contributed by atoms with Gasteiger partial charge >= 0.3 is 7.12 Å². The van der Waals surface area contributed by atoms with Crippen LogP contribution in [0, 0.1) is 0 Å². The van der Waals surface area contributed by atoms with E-state index in [0.717, 1.165) is 16.8 Å². The van der Waals surface area contributed by atoms with Crippen LogP contribution in [-0.4, -0.2) is 21.7 Å². The molecule has 0 aliphatic heterocycles. The lowest BCUT2D eigenvalue weighted by molar-refractivity contribution is 0.426. The zero-order chi connectivity index (χ0) is 21.7. The molecule has 1 heterocycles. The summed E-state index contributed by atoms with van der Waals surface area (Å²) in [7, 11) is -1.45. The molecule has 0 spiro atoms. The van der Waals surface area contributed by atoms with E-state index in [4.69, 9.17) is 0 Å². The van der Waals surface area contributed by atoms with E-state index in [2.05, 4.69) is 89.5 Å². The molecule has 152 valence electrons. The Morgan fingerprint density at radius 1 is 0.531 bits per heavy atom. The van der Waals surface area contributed by atoms with Crippen LogP contribution in [0.25, 0.3) is 49.4 Å². The summed E-state index contributed by atoms with van der Waals surface area (Å²) in [4.78, 5) is 0. The van der Waals surface area contributed by atoms with Crippen molar-refractivity contribution in [2.45, 2.75) is 0 Å². The minimum absolute atomic E-state index is 0.489. The molecule has 6 rings (SSSR count). The van der Waals surface area contributed by atoms with Crippen LogP contribution in [-0.2, 0) is 0 Å². The molecule has 0 radical (unpaired) electrons. The summed E-state index contributed by atoms with van der Waals surface area (Å²) >= 11 is 0. The van der Waals surface area contributed by atoms with E-state index in [0.29, 0.717) is 5.46 Å². The van der Waals surface area contributed by atoms with Crippen molar-refractivity contribution in [3.63, 3.8) is 0 Å². The minimum atomic E-state index is -1.45. The molecule has 3 nitrogen and oxygen atoms in total. The number of rotatable bonds is 3. The quantitative estimate of drug-likeness (QED) is 0.388. The summed E-state index contributed by atoms with van der Waals surface area (Å²) in [5, 5.41) is 23.6. The Morgan fingerprint density at radius 3 is 1.81 bits per heavy atom. The fourth-order valence-electron chi connectivity index (χ4n) is 4.58. The van der Waals surface area contributed by atoms with E-state index in [1.165, 1.54) is 32.6 Å². The van der Waals surface area contributed by atoms with E-state index in [1.54, 1.807) is 12.1 Å². The van der Waals surface area contributed by atoms with Crippen LogP contribution in [0.5, 0.6) is 0 Å². The van der Waals surface area contributed by atoms with Crippen LogP contribution in [0.1, 0.15) is 0 Å². The van der Waals surface area contributed by atoms with E-state index in [9.17, 15) is 10.0 Å². The van der Waals surface area contributed by atoms with Crippen molar-refractivity contribution < 1.29 is 10.0 Å². The zero-order valence-electron chi connectivity index (χ0n) is 17.3. The van der Waals surface area contributed by atoms with Crippen LogP contribution in [0.4, 0.5) is 0 Å². The smallest absolute Gasteiger partial charge is 0.423 e. The molecule has 0 unspecified atom stereocenters. The second-order valence-corrected chi connectivity index (χ2v) is 8.11. The SMILES string of the molecule is OB(O)c1ccc(-c2ccc(-n3c4ccccc4c4cc5ccccc5cc43)cc2)cc1. The summed E-state index contributed by atoms with van der Waals surface area (Å²) in [6.07, 6.45) is 0. The largest absolute Gasteiger partial charge is 0.488 e. The molecule has 0 bridgehead atoms. The van der Waals surface area contributed by atoms with E-state index in [-0.39, 0.29) is 0 Å². The number of nitrogens with zero attached hydrogens (tertiary/aromatic N) is 1. The van der Waals surface area contributed by atoms with Crippen LogP contribution >= 0.6 is 0 Å². The van der Waals surface area contributed by atoms with Crippen molar-refractivity contribution in [1.82, 2.24) is 4.57 Å². The number of hydrogen-bond acceptors (Lipinski definition) is 2. The van der Waals surface area contributed by atoms with Gasteiger partial charge in [0.1, 0.15) is 0 Å². The summed E-state index contributed by atoms with van der Waals surface area (Å²) in [5.41, 5.74) is 6.10. The molecule has 32 heavy (non-hydrogen) atoms. The summed E-state index contributed by atoms with van der Waals surface area (Å²) < 4.78 is 2.33. The van der Waals surface area contributed by atoms with Gasteiger partial charge < -0.3 is 14.6 Å². The van der Waals surface area contributed by atoms with Crippen LogP contribution < -0.4 is 5.46 Å². The maximum atomic E-state index is 9.32. The highest BCUT2D eigenvalue weighted by molar-refractivity contribution is 6.58. The molecular formula is C28H20BNO2. The average Bonchev–Trinajstić information content (AvgIpc) is 3.16. The summed E-state index contributed by atoms with van der Waals surface area (Å²) in [6, 6.07) is 37.4. The maximum absolute atomic E-state index is 9.32. The molecule has 6 aromatic rings. The molecule has 4 heteroatoms. The maximum Gasteiger partial charge on any atom is 0.488 e. The molecule has 0 aliphatic rings. The molecule has 5 aromatic carbocycles. The number of hydrogen-bond donors (Lipinski definition) is 2. The average molecular weight is 413 g/mol. The second kappa shape index (κ2) is 7.38. The highest BCUT2D eigenvalue weighted by Gasteiger charge is 2.14. The molecule has 0 atom stereocenters. The Balaban J connectivity index is 1.52. The molecule has 0 amide bonds. The molecule has 0 fully saturated rings. The van der Waals surface area contributed by atoms with E-state index >= 15 is 0 Å². The lowest BCUT2D eigenvalue weighted by Crippen LogP contribution is -2.29. The normalized spacial score (nSPS) is 11.4. The van der Waals surface area contributed by atoms with Gasteiger partial charge in [0, 0.05) is 16.5 Å². The standard InChI is InChI=1S/C28H20BNO2/c31-29(32)23-13-9-19(10-14-23)20-11-15-24(16-12-20)30-27-8-4-3-7-25(27)26-17-21-5-1-2-6-22(21)18-28(26)30/h1-18,31-32H. The van der Waals surface area contributed by atoms with Crippen molar-refractivity contribution >= 4 is 45.2 Å². The Labute approximate surface area is 185 Å². The molecule has 0 saturated carbocycles. The molecular weight excluding hydrogens is 393 g/mol. The third kappa shape index (κ3) is 3.01. The third-order valence-electron chi connectivity index (χ3n) is 6.21. The van der Waals surface area contributed by atoms with Gasteiger partial charge in [-0.05, 0) is 57.7 Å². The van der Waals surface area contributed by atoms with Crippen LogP contribution in [0.15, 0.2) is 109 Å². The van der Waals surface area contributed by atoms with Crippen LogP contribution in [0.3, 0.4) is 0 Å². The number of fused-ring (bicyclic) bond motifs is 4. The Morgan fingerprint density at radius 2 is 1.12 bits per heavy atom. The van der Waals surface area contributed by atoms with Crippen molar-refractivity contribution in [1.29, 1.82) is 0 Å². The topological polar surface area (TPSA) is 45.4 Å².